The number of anilines is 1. The standard InChI is InChI=1S/C25H32N4O3/c1-19-4-8-21(9-5-19)16-24(31)29-14-12-28(13-15-29)18-25(32)27(3)17-23(30)26-22-10-6-20(2)7-11-22/h4-11H,12-18H2,1-3H3,(H,26,30). The molecule has 0 radical (unpaired) electrons. The first kappa shape index (κ1) is 23.5. The highest BCUT2D eigenvalue weighted by molar-refractivity contribution is 5.94. The zero-order chi connectivity index (χ0) is 23.1. The molecule has 2 aromatic carbocycles. The Kier molecular flexibility index (Phi) is 8.00. The van der Waals surface area contributed by atoms with Gasteiger partial charge in [0.2, 0.25) is 17.7 Å². The number of likely N-dealkylation sites (N-methyl/N-ethyl adjacent to an activating group) is 1. The van der Waals surface area contributed by atoms with Crippen LogP contribution in [0.25, 0.3) is 0 Å². The number of piperazine rings is 1. The summed E-state index contributed by atoms with van der Waals surface area (Å²) in [5.74, 6) is -0.218. The van der Waals surface area contributed by atoms with Crippen LogP contribution in [0.1, 0.15) is 16.7 Å². The Hall–Kier alpha value is -3.19. The lowest BCUT2D eigenvalue weighted by molar-refractivity contribution is -0.136. The molecule has 1 aliphatic rings. The number of hydrogen-bond donors (Lipinski definition) is 1. The van der Waals surface area contributed by atoms with E-state index in [9.17, 15) is 14.4 Å². The molecule has 170 valence electrons. The minimum absolute atomic E-state index is 0.00170. The van der Waals surface area contributed by atoms with Gasteiger partial charge in [-0.2, -0.15) is 0 Å². The average Bonchev–Trinajstić information content (AvgIpc) is 2.77. The monoisotopic (exact) mass is 436 g/mol. The smallest absolute Gasteiger partial charge is 0.243 e. The van der Waals surface area contributed by atoms with Crippen molar-refractivity contribution in [1.29, 1.82) is 0 Å². The summed E-state index contributed by atoms with van der Waals surface area (Å²) in [6.07, 6.45) is 0.401. The van der Waals surface area contributed by atoms with Crippen LogP contribution in [0.5, 0.6) is 0 Å². The van der Waals surface area contributed by atoms with Crippen molar-refractivity contribution in [2.45, 2.75) is 20.3 Å². The molecule has 7 heteroatoms. The Bertz CT molecular complexity index is 933. The van der Waals surface area contributed by atoms with Crippen LogP contribution in [0, 0.1) is 13.8 Å². The molecule has 0 saturated carbocycles. The van der Waals surface area contributed by atoms with E-state index >= 15 is 0 Å². The normalized spacial score (nSPS) is 14.2. The van der Waals surface area contributed by atoms with E-state index in [2.05, 4.69) is 5.32 Å². The Morgan fingerprint density at radius 3 is 2.03 bits per heavy atom. The van der Waals surface area contributed by atoms with Crippen LogP contribution in [0.15, 0.2) is 48.5 Å². The summed E-state index contributed by atoms with van der Waals surface area (Å²) >= 11 is 0. The fraction of sp³-hybridized carbons (Fsp3) is 0.400. The summed E-state index contributed by atoms with van der Waals surface area (Å²) in [4.78, 5) is 42.7. The number of nitrogens with one attached hydrogen (secondary N) is 1. The lowest BCUT2D eigenvalue weighted by atomic mass is 10.1. The Morgan fingerprint density at radius 1 is 0.875 bits per heavy atom. The van der Waals surface area contributed by atoms with E-state index < -0.39 is 0 Å². The minimum Gasteiger partial charge on any atom is -0.340 e. The fourth-order valence-corrected chi connectivity index (χ4v) is 3.60. The molecule has 1 N–H and O–H groups in total. The maximum Gasteiger partial charge on any atom is 0.243 e. The molecule has 32 heavy (non-hydrogen) atoms. The van der Waals surface area contributed by atoms with Gasteiger partial charge in [-0.1, -0.05) is 47.5 Å². The van der Waals surface area contributed by atoms with Crippen molar-refractivity contribution < 1.29 is 14.4 Å². The van der Waals surface area contributed by atoms with Crippen molar-refractivity contribution in [1.82, 2.24) is 14.7 Å². The molecule has 0 bridgehead atoms. The van der Waals surface area contributed by atoms with Gasteiger partial charge in [-0.3, -0.25) is 19.3 Å². The van der Waals surface area contributed by atoms with Gasteiger partial charge in [0.15, 0.2) is 0 Å². The second-order valence-corrected chi connectivity index (χ2v) is 8.48. The molecule has 0 atom stereocenters. The molecule has 3 rings (SSSR count). The second-order valence-electron chi connectivity index (χ2n) is 8.48. The molecule has 0 aromatic heterocycles. The number of amides is 3. The highest BCUT2D eigenvalue weighted by atomic mass is 16.2. The molecule has 1 aliphatic heterocycles. The van der Waals surface area contributed by atoms with Crippen LogP contribution in [0.3, 0.4) is 0 Å². The summed E-state index contributed by atoms with van der Waals surface area (Å²) in [7, 11) is 1.64. The predicted octanol–water partition coefficient (Wildman–Crippen LogP) is 2.09. The van der Waals surface area contributed by atoms with Crippen LogP contribution in [0.2, 0.25) is 0 Å². The van der Waals surface area contributed by atoms with Crippen molar-refractivity contribution in [2.75, 3.05) is 51.6 Å². The molecular weight excluding hydrogens is 404 g/mol. The van der Waals surface area contributed by atoms with Crippen LogP contribution in [-0.4, -0.2) is 78.7 Å². The maximum absolute atomic E-state index is 12.6. The molecule has 3 amide bonds. The Labute approximate surface area is 190 Å². The lowest BCUT2D eigenvalue weighted by Crippen LogP contribution is -2.52. The molecular formula is C25H32N4O3. The number of aryl methyl sites for hydroxylation is 2. The van der Waals surface area contributed by atoms with Crippen molar-refractivity contribution >= 4 is 23.4 Å². The molecule has 0 unspecified atom stereocenters. The molecule has 0 aliphatic carbocycles. The Morgan fingerprint density at radius 2 is 1.44 bits per heavy atom. The lowest BCUT2D eigenvalue weighted by Gasteiger charge is -2.35. The molecule has 1 saturated heterocycles. The van der Waals surface area contributed by atoms with Gasteiger partial charge in [-0.05, 0) is 31.5 Å². The van der Waals surface area contributed by atoms with Gasteiger partial charge in [0.25, 0.3) is 0 Å². The SMILES string of the molecule is Cc1ccc(CC(=O)N2CCN(CC(=O)N(C)CC(=O)Nc3ccc(C)cc3)CC2)cc1. The number of hydrogen-bond acceptors (Lipinski definition) is 4. The van der Waals surface area contributed by atoms with Gasteiger partial charge in [0.1, 0.15) is 0 Å². The van der Waals surface area contributed by atoms with Crippen LogP contribution < -0.4 is 5.32 Å². The van der Waals surface area contributed by atoms with Gasteiger partial charge in [-0.25, -0.2) is 0 Å². The highest BCUT2D eigenvalue weighted by Crippen LogP contribution is 2.10. The number of benzene rings is 2. The van der Waals surface area contributed by atoms with E-state index in [0.29, 0.717) is 38.3 Å². The van der Waals surface area contributed by atoms with Crippen molar-refractivity contribution in [2.24, 2.45) is 0 Å². The minimum atomic E-state index is -0.226. The third kappa shape index (κ3) is 6.92. The largest absolute Gasteiger partial charge is 0.340 e. The van der Waals surface area contributed by atoms with E-state index in [4.69, 9.17) is 0 Å². The number of carbonyl (C=O) groups excluding carboxylic acids is 3. The third-order valence-corrected chi connectivity index (χ3v) is 5.70. The molecule has 7 nitrogen and oxygen atoms in total. The van der Waals surface area contributed by atoms with E-state index in [1.165, 1.54) is 10.5 Å². The van der Waals surface area contributed by atoms with Crippen LogP contribution in [-0.2, 0) is 20.8 Å². The van der Waals surface area contributed by atoms with Gasteiger partial charge >= 0.3 is 0 Å². The van der Waals surface area contributed by atoms with Gasteiger partial charge in [0, 0.05) is 38.9 Å². The Balaban J connectivity index is 1.39. The summed E-state index contributed by atoms with van der Waals surface area (Å²) in [5, 5.41) is 2.81. The molecule has 1 fully saturated rings. The molecule has 0 spiro atoms. The predicted molar refractivity (Wildman–Crippen MR) is 125 cm³/mol. The zero-order valence-corrected chi connectivity index (χ0v) is 19.1. The van der Waals surface area contributed by atoms with Gasteiger partial charge in [-0.15, -0.1) is 0 Å². The summed E-state index contributed by atoms with van der Waals surface area (Å²) in [6.45, 7) is 6.77. The van der Waals surface area contributed by atoms with Crippen molar-refractivity contribution in [3.63, 3.8) is 0 Å². The van der Waals surface area contributed by atoms with E-state index in [0.717, 1.165) is 11.1 Å². The maximum atomic E-state index is 12.6. The first-order valence-electron chi connectivity index (χ1n) is 11.0. The number of rotatable bonds is 7. The second kappa shape index (κ2) is 10.9. The van der Waals surface area contributed by atoms with E-state index in [1.54, 1.807) is 7.05 Å². The number of carbonyl (C=O) groups is 3. The first-order valence-corrected chi connectivity index (χ1v) is 11.0. The van der Waals surface area contributed by atoms with Crippen LogP contribution >= 0.6 is 0 Å². The van der Waals surface area contributed by atoms with Crippen molar-refractivity contribution in [3.8, 4) is 0 Å². The molecule has 2 aromatic rings. The summed E-state index contributed by atoms with van der Waals surface area (Å²) in [5.41, 5.74) is 4.03. The fourth-order valence-electron chi connectivity index (χ4n) is 3.60. The average molecular weight is 437 g/mol. The third-order valence-electron chi connectivity index (χ3n) is 5.70. The van der Waals surface area contributed by atoms with Crippen LogP contribution in [0.4, 0.5) is 5.69 Å². The number of nitrogens with zero attached hydrogens (tertiary/aromatic N) is 3. The first-order chi connectivity index (χ1) is 15.3. The quantitative estimate of drug-likeness (QED) is 0.721. The summed E-state index contributed by atoms with van der Waals surface area (Å²) in [6, 6.07) is 15.6. The summed E-state index contributed by atoms with van der Waals surface area (Å²) < 4.78 is 0. The van der Waals surface area contributed by atoms with Gasteiger partial charge < -0.3 is 15.1 Å². The highest BCUT2D eigenvalue weighted by Gasteiger charge is 2.24. The van der Waals surface area contributed by atoms with Gasteiger partial charge in [0.05, 0.1) is 19.5 Å². The van der Waals surface area contributed by atoms with E-state index in [1.807, 2.05) is 72.2 Å². The zero-order valence-electron chi connectivity index (χ0n) is 19.1. The van der Waals surface area contributed by atoms with E-state index in [-0.39, 0.29) is 30.8 Å². The molecule has 1 heterocycles. The topological polar surface area (TPSA) is 73.0 Å². The van der Waals surface area contributed by atoms with Crippen molar-refractivity contribution in [3.05, 3.63) is 65.2 Å².